The van der Waals surface area contributed by atoms with Gasteiger partial charge >= 0.3 is 0 Å². The molecule has 0 saturated carbocycles. The first-order valence-corrected chi connectivity index (χ1v) is 4.63. The van der Waals surface area contributed by atoms with E-state index in [1.807, 2.05) is 0 Å². The summed E-state index contributed by atoms with van der Waals surface area (Å²) in [5.74, 6) is 0. The number of rotatable bonds is 1. The van der Waals surface area contributed by atoms with Crippen LogP contribution in [0.5, 0.6) is 0 Å². The van der Waals surface area contributed by atoms with E-state index in [-0.39, 0.29) is 7.55 Å². The summed E-state index contributed by atoms with van der Waals surface area (Å²) in [5, 5.41) is 0. The topological polar surface area (TPSA) is 0 Å². The Bertz CT molecular complexity index is 153. The van der Waals surface area contributed by atoms with Crippen molar-refractivity contribution in [3.05, 3.63) is 36.6 Å². The molecular weight excluding hydrogens is 127 g/mol. The summed E-state index contributed by atoms with van der Waals surface area (Å²) >= 11 is 0. The Kier molecular flexibility index (Phi) is 2.13. The van der Waals surface area contributed by atoms with Crippen LogP contribution in [-0.2, 0) is 0 Å². The van der Waals surface area contributed by atoms with Gasteiger partial charge in [0.2, 0.25) is 0 Å². The maximum atomic E-state index is 3.88. The molecule has 1 rings (SSSR count). The summed E-state index contributed by atoms with van der Waals surface area (Å²) in [6.07, 6.45) is 13.5. The lowest BCUT2D eigenvalue weighted by molar-refractivity contribution is 1.33. The molecule has 48 valence electrons. The largest absolute Gasteiger partial charge is 0.183 e. The van der Waals surface area contributed by atoms with Crippen LogP contribution < -0.4 is 0 Å². The van der Waals surface area contributed by atoms with Crippen molar-refractivity contribution in [3.8, 4) is 0 Å². The summed E-state index contributed by atoms with van der Waals surface area (Å²) in [5.41, 5.74) is 1.29. The number of allylic oxidation sites excluding steroid dienone is 4. The van der Waals surface area contributed by atoms with Crippen LogP contribution in [0, 0.1) is 12.3 Å². The maximum absolute atomic E-state index is 3.88. The van der Waals surface area contributed by atoms with Crippen LogP contribution in [0.1, 0.15) is 6.42 Å². The van der Waals surface area contributed by atoms with Crippen LogP contribution in [0.3, 0.4) is 0 Å². The smallest absolute Gasteiger partial charge is 0.0342 e. The minimum Gasteiger partial charge on any atom is -0.183 e. The van der Waals surface area contributed by atoms with Crippen molar-refractivity contribution in [1.82, 2.24) is 0 Å². The molecule has 1 atom stereocenters. The SMILES string of the molecule is C=[P+]([CH2-])[C-]1C=CCC=C1. The molecule has 0 fully saturated rings. The fraction of sp³-hybridized carbons (Fsp3) is 0.125. The summed E-state index contributed by atoms with van der Waals surface area (Å²) in [4.78, 5) is 0. The summed E-state index contributed by atoms with van der Waals surface area (Å²) < 4.78 is 0. The Balaban J connectivity index is 2.60. The Morgan fingerprint density at radius 3 is 2.33 bits per heavy atom. The van der Waals surface area contributed by atoms with E-state index in [1.54, 1.807) is 0 Å². The van der Waals surface area contributed by atoms with Gasteiger partial charge in [-0.1, -0.05) is 7.55 Å². The van der Waals surface area contributed by atoms with Crippen molar-refractivity contribution >= 4 is 13.8 Å². The molecule has 0 N–H and O–H groups in total. The van der Waals surface area contributed by atoms with E-state index in [4.69, 9.17) is 0 Å². The fourth-order valence-electron chi connectivity index (χ4n) is 0.723. The first-order chi connectivity index (χ1) is 4.30. The van der Waals surface area contributed by atoms with Crippen LogP contribution in [0.2, 0.25) is 0 Å². The van der Waals surface area contributed by atoms with E-state index in [9.17, 15) is 0 Å². The highest BCUT2D eigenvalue weighted by atomic mass is 31.1. The van der Waals surface area contributed by atoms with E-state index < -0.39 is 0 Å². The second-order valence-corrected chi connectivity index (χ2v) is 3.60. The third kappa shape index (κ3) is 1.73. The highest BCUT2D eigenvalue weighted by Crippen LogP contribution is 2.35. The van der Waals surface area contributed by atoms with E-state index in [0.717, 1.165) is 6.42 Å². The van der Waals surface area contributed by atoms with Gasteiger partial charge in [-0.2, -0.15) is 12.2 Å². The molecule has 0 radical (unpaired) electrons. The highest BCUT2D eigenvalue weighted by molar-refractivity contribution is 7.60. The minimum absolute atomic E-state index is 0.376. The van der Waals surface area contributed by atoms with Crippen molar-refractivity contribution < 1.29 is 0 Å². The molecule has 0 aromatic carbocycles. The van der Waals surface area contributed by atoms with Crippen LogP contribution in [-0.4, -0.2) is 6.30 Å². The van der Waals surface area contributed by atoms with Gasteiger partial charge in [0.15, 0.2) is 0 Å². The minimum atomic E-state index is -0.376. The fourth-order valence-corrected chi connectivity index (χ4v) is 1.35. The lowest BCUT2D eigenvalue weighted by Crippen LogP contribution is -1.83. The van der Waals surface area contributed by atoms with Crippen LogP contribution in [0.25, 0.3) is 0 Å². The Labute approximate surface area is 57.7 Å². The Hall–Kier alpha value is -0.480. The van der Waals surface area contributed by atoms with Crippen molar-refractivity contribution in [2.45, 2.75) is 6.42 Å². The molecule has 0 amide bonds. The first-order valence-electron chi connectivity index (χ1n) is 2.92. The third-order valence-corrected chi connectivity index (χ3v) is 2.24. The number of hydrogen-bond donors (Lipinski definition) is 0. The molecule has 1 aliphatic rings. The first kappa shape index (κ1) is 6.64. The van der Waals surface area contributed by atoms with Gasteiger partial charge in [0.1, 0.15) is 0 Å². The number of hydrogen-bond acceptors (Lipinski definition) is 0. The zero-order chi connectivity index (χ0) is 6.69. The molecule has 1 heteroatoms. The van der Waals surface area contributed by atoms with Crippen LogP contribution in [0.15, 0.2) is 24.3 Å². The van der Waals surface area contributed by atoms with E-state index in [1.165, 1.54) is 5.66 Å². The van der Waals surface area contributed by atoms with E-state index in [2.05, 4.69) is 37.3 Å². The zero-order valence-electron chi connectivity index (χ0n) is 5.38. The van der Waals surface area contributed by atoms with Gasteiger partial charge in [0.05, 0.1) is 0 Å². The van der Waals surface area contributed by atoms with Gasteiger partial charge < -0.3 is 0 Å². The average Bonchev–Trinajstić information content (AvgIpc) is 1.90. The van der Waals surface area contributed by atoms with Crippen molar-refractivity contribution in [2.75, 3.05) is 0 Å². The lowest BCUT2D eigenvalue weighted by Gasteiger charge is -2.12. The van der Waals surface area contributed by atoms with E-state index in [0.29, 0.717) is 0 Å². The molecule has 0 saturated heterocycles. The predicted molar refractivity (Wildman–Crippen MR) is 45.5 cm³/mol. The predicted octanol–water partition coefficient (Wildman–Crippen LogP) is 2.74. The Morgan fingerprint density at radius 2 is 2.00 bits per heavy atom. The molecule has 0 bridgehead atoms. The van der Waals surface area contributed by atoms with Crippen LogP contribution >= 0.6 is 7.55 Å². The van der Waals surface area contributed by atoms with Gasteiger partial charge in [0, 0.05) is 12.0 Å². The second-order valence-electron chi connectivity index (χ2n) is 2.01. The van der Waals surface area contributed by atoms with Crippen LogP contribution in [0.4, 0.5) is 0 Å². The average molecular weight is 137 g/mol. The molecule has 0 aromatic heterocycles. The summed E-state index contributed by atoms with van der Waals surface area (Å²) in [7, 11) is -0.376. The van der Waals surface area contributed by atoms with Crippen molar-refractivity contribution in [3.63, 3.8) is 0 Å². The molecule has 0 aliphatic heterocycles. The third-order valence-electron chi connectivity index (χ3n) is 1.21. The standard InChI is InChI=1S/C8H10P/c1-9(2)8-6-4-3-5-7-8/h4-7H,1-3H2/q-1. The molecule has 1 unspecified atom stereocenters. The molecule has 0 spiro atoms. The molecular formula is C8H10P-. The van der Waals surface area contributed by atoms with Gasteiger partial charge in [0.25, 0.3) is 0 Å². The molecule has 1 aliphatic carbocycles. The van der Waals surface area contributed by atoms with Gasteiger partial charge in [-0.25, -0.2) is 0 Å². The zero-order valence-corrected chi connectivity index (χ0v) is 6.27. The van der Waals surface area contributed by atoms with Gasteiger partial charge in [-0.3, -0.25) is 0 Å². The normalized spacial score (nSPS) is 18.3. The second kappa shape index (κ2) is 2.89. The molecule has 9 heavy (non-hydrogen) atoms. The lowest BCUT2D eigenvalue weighted by atomic mass is 10.2. The van der Waals surface area contributed by atoms with E-state index >= 15 is 0 Å². The summed E-state index contributed by atoms with van der Waals surface area (Å²) in [6, 6.07) is 0. The van der Waals surface area contributed by atoms with Gasteiger partial charge in [-0.15, -0.1) is 25.2 Å². The molecule has 0 aromatic rings. The van der Waals surface area contributed by atoms with Crippen molar-refractivity contribution in [2.24, 2.45) is 0 Å². The summed E-state index contributed by atoms with van der Waals surface area (Å²) in [6.45, 7) is 3.88. The van der Waals surface area contributed by atoms with Gasteiger partial charge in [-0.05, 0) is 0 Å². The quantitative estimate of drug-likeness (QED) is 0.385. The van der Waals surface area contributed by atoms with Crippen molar-refractivity contribution in [1.29, 1.82) is 0 Å². The molecule has 0 heterocycles. The Morgan fingerprint density at radius 1 is 1.44 bits per heavy atom. The monoisotopic (exact) mass is 137 g/mol. The maximum Gasteiger partial charge on any atom is 0.0342 e. The highest BCUT2D eigenvalue weighted by Gasteiger charge is 1.97. The molecule has 0 nitrogen and oxygen atoms in total.